The van der Waals surface area contributed by atoms with E-state index in [1.165, 1.54) is 11.3 Å². The third-order valence-electron chi connectivity index (χ3n) is 3.61. The fraction of sp³-hybridized carbons (Fsp3) is 0.625. The number of hydrogen-bond donors (Lipinski definition) is 1. The molecule has 2 rings (SSSR count). The molecule has 1 N–H and O–H groups in total. The number of anilines is 1. The van der Waals surface area contributed by atoms with Gasteiger partial charge in [-0.1, -0.05) is 32.0 Å². The standard InChI is InChI=1S/C16H26N2O/c1-12(2)17-9-15-7-5-6-8-16(15)18-10-14(4)19-11-13(18)3/h5-8,12-14,17H,9-11H2,1-4H3. The van der Waals surface area contributed by atoms with Crippen molar-refractivity contribution in [3.8, 4) is 0 Å². The number of benzene rings is 1. The monoisotopic (exact) mass is 262 g/mol. The smallest absolute Gasteiger partial charge is 0.0723 e. The number of rotatable bonds is 4. The largest absolute Gasteiger partial charge is 0.375 e. The summed E-state index contributed by atoms with van der Waals surface area (Å²) < 4.78 is 5.72. The summed E-state index contributed by atoms with van der Waals surface area (Å²) in [5, 5.41) is 3.51. The first-order chi connectivity index (χ1) is 9.08. The molecule has 1 aromatic carbocycles. The van der Waals surface area contributed by atoms with Crippen LogP contribution in [0.15, 0.2) is 24.3 Å². The molecule has 1 aromatic rings. The highest BCUT2D eigenvalue weighted by Gasteiger charge is 2.24. The van der Waals surface area contributed by atoms with Crippen LogP contribution in [0.5, 0.6) is 0 Å². The van der Waals surface area contributed by atoms with E-state index in [-0.39, 0.29) is 0 Å². The summed E-state index contributed by atoms with van der Waals surface area (Å²) >= 11 is 0. The molecular formula is C16H26N2O. The summed E-state index contributed by atoms with van der Waals surface area (Å²) in [4.78, 5) is 2.48. The Labute approximate surface area is 116 Å². The van der Waals surface area contributed by atoms with Gasteiger partial charge in [0.15, 0.2) is 0 Å². The predicted octanol–water partition coefficient (Wildman–Crippen LogP) is 2.80. The van der Waals surface area contributed by atoms with E-state index in [4.69, 9.17) is 4.74 Å². The van der Waals surface area contributed by atoms with Gasteiger partial charge in [-0.05, 0) is 25.5 Å². The van der Waals surface area contributed by atoms with E-state index in [0.717, 1.165) is 19.7 Å². The van der Waals surface area contributed by atoms with Crippen LogP contribution in [0.1, 0.15) is 33.3 Å². The van der Waals surface area contributed by atoms with E-state index in [1.807, 2.05) is 0 Å². The van der Waals surface area contributed by atoms with Crippen molar-refractivity contribution in [2.75, 3.05) is 18.1 Å². The van der Waals surface area contributed by atoms with Crippen LogP contribution in [-0.2, 0) is 11.3 Å². The van der Waals surface area contributed by atoms with Crippen molar-refractivity contribution in [1.82, 2.24) is 5.32 Å². The van der Waals surface area contributed by atoms with Gasteiger partial charge in [-0.15, -0.1) is 0 Å². The molecule has 1 aliphatic rings. The molecule has 1 heterocycles. The summed E-state index contributed by atoms with van der Waals surface area (Å²) in [6, 6.07) is 9.64. The van der Waals surface area contributed by atoms with Crippen LogP contribution in [0, 0.1) is 0 Å². The molecule has 106 valence electrons. The number of nitrogens with zero attached hydrogens (tertiary/aromatic N) is 1. The minimum absolute atomic E-state index is 0.308. The molecule has 1 aliphatic heterocycles. The molecule has 0 radical (unpaired) electrons. The molecule has 0 aromatic heterocycles. The molecule has 2 unspecified atom stereocenters. The number of para-hydroxylation sites is 1. The molecule has 3 heteroatoms. The number of hydrogen-bond acceptors (Lipinski definition) is 3. The third-order valence-corrected chi connectivity index (χ3v) is 3.61. The molecule has 2 atom stereocenters. The first kappa shape index (κ1) is 14.4. The Morgan fingerprint density at radius 1 is 1.32 bits per heavy atom. The van der Waals surface area contributed by atoms with E-state index in [1.54, 1.807) is 0 Å². The van der Waals surface area contributed by atoms with E-state index < -0.39 is 0 Å². The first-order valence-corrected chi connectivity index (χ1v) is 7.27. The fourth-order valence-electron chi connectivity index (χ4n) is 2.49. The molecule has 0 amide bonds. The lowest BCUT2D eigenvalue weighted by Gasteiger charge is -2.39. The molecule has 0 aliphatic carbocycles. The van der Waals surface area contributed by atoms with E-state index in [2.05, 4.69) is 62.2 Å². The Balaban J connectivity index is 2.18. The lowest BCUT2D eigenvalue weighted by Crippen LogP contribution is -2.48. The Morgan fingerprint density at radius 2 is 2.05 bits per heavy atom. The van der Waals surface area contributed by atoms with Crippen molar-refractivity contribution in [2.24, 2.45) is 0 Å². The number of nitrogens with one attached hydrogen (secondary N) is 1. The molecule has 19 heavy (non-hydrogen) atoms. The molecule has 1 fully saturated rings. The van der Waals surface area contributed by atoms with Gasteiger partial charge in [-0.2, -0.15) is 0 Å². The molecular weight excluding hydrogens is 236 g/mol. The second-order valence-corrected chi connectivity index (χ2v) is 5.81. The summed E-state index contributed by atoms with van der Waals surface area (Å²) in [6.07, 6.45) is 0.308. The van der Waals surface area contributed by atoms with Gasteiger partial charge >= 0.3 is 0 Å². The van der Waals surface area contributed by atoms with Crippen LogP contribution in [0.4, 0.5) is 5.69 Å². The van der Waals surface area contributed by atoms with Crippen molar-refractivity contribution < 1.29 is 4.74 Å². The summed E-state index contributed by atoms with van der Waals surface area (Å²) in [6.45, 7) is 11.5. The van der Waals surface area contributed by atoms with Crippen LogP contribution in [0.3, 0.4) is 0 Å². The SMILES string of the molecule is CC(C)NCc1ccccc1N1CC(C)OCC1C. The number of morpholine rings is 1. The van der Waals surface area contributed by atoms with Crippen molar-refractivity contribution in [3.63, 3.8) is 0 Å². The van der Waals surface area contributed by atoms with Crippen molar-refractivity contribution in [3.05, 3.63) is 29.8 Å². The normalized spacial score (nSPS) is 23.9. The van der Waals surface area contributed by atoms with Gasteiger partial charge in [-0.25, -0.2) is 0 Å². The zero-order valence-corrected chi connectivity index (χ0v) is 12.5. The molecule has 3 nitrogen and oxygen atoms in total. The Kier molecular flexibility index (Phi) is 4.83. The lowest BCUT2D eigenvalue weighted by molar-refractivity contribution is 0.0343. The molecule has 1 saturated heterocycles. The summed E-state index contributed by atoms with van der Waals surface area (Å²) in [5.41, 5.74) is 2.72. The average Bonchev–Trinajstić information content (AvgIpc) is 2.39. The van der Waals surface area contributed by atoms with Crippen LogP contribution in [-0.4, -0.2) is 31.3 Å². The van der Waals surface area contributed by atoms with Gasteiger partial charge in [0, 0.05) is 30.9 Å². The zero-order valence-electron chi connectivity index (χ0n) is 12.5. The van der Waals surface area contributed by atoms with E-state index >= 15 is 0 Å². The van der Waals surface area contributed by atoms with Crippen LogP contribution >= 0.6 is 0 Å². The highest BCUT2D eigenvalue weighted by Crippen LogP contribution is 2.25. The number of ether oxygens (including phenoxy) is 1. The van der Waals surface area contributed by atoms with Gasteiger partial charge in [-0.3, -0.25) is 0 Å². The van der Waals surface area contributed by atoms with Gasteiger partial charge in [0.05, 0.1) is 12.7 Å². The second-order valence-electron chi connectivity index (χ2n) is 5.81. The summed E-state index contributed by atoms with van der Waals surface area (Å²) in [7, 11) is 0. The highest BCUT2D eigenvalue weighted by molar-refractivity contribution is 5.54. The van der Waals surface area contributed by atoms with E-state index in [9.17, 15) is 0 Å². The topological polar surface area (TPSA) is 24.5 Å². The molecule has 0 spiro atoms. The van der Waals surface area contributed by atoms with Gasteiger partial charge in [0.1, 0.15) is 0 Å². The maximum Gasteiger partial charge on any atom is 0.0723 e. The lowest BCUT2D eigenvalue weighted by atomic mass is 10.1. The predicted molar refractivity (Wildman–Crippen MR) is 80.6 cm³/mol. The average molecular weight is 262 g/mol. The quantitative estimate of drug-likeness (QED) is 0.903. The van der Waals surface area contributed by atoms with Crippen LogP contribution < -0.4 is 10.2 Å². The van der Waals surface area contributed by atoms with Gasteiger partial charge < -0.3 is 15.0 Å². The van der Waals surface area contributed by atoms with E-state index in [0.29, 0.717) is 18.2 Å². The van der Waals surface area contributed by atoms with Crippen molar-refractivity contribution in [2.45, 2.75) is 52.4 Å². The highest BCUT2D eigenvalue weighted by atomic mass is 16.5. The fourth-order valence-corrected chi connectivity index (χ4v) is 2.49. The minimum Gasteiger partial charge on any atom is -0.375 e. The Morgan fingerprint density at radius 3 is 2.79 bits per heavy atom. The maximum absolute atomic E-state index is 5.72. The zero-order chi connectivity index (χ0) is 13.8. The Bertz CT molecular complexity index is 405. The molecule has 0 bridgehead atoms. The maximum atomic E-state index is 5.72. The minimum atomic E-state index is 0.308. The second kappa shape index (κ2) is 6.40. The third kappa shape index (κ3) is 3.71. The van der Waals surface area contributed by atoms with Crippen LogP contribution in [0.2, 0.25) is 0 Å². The van der Waals surface area contributed by atoms with Crippen molar-refractivity contribution >= 4 is 5.69 Å². The first-order valence-electron chi connectivity index (χ1n) is 7.27. The van der Waals surface area contributed by atoms with Crippen LogP contribution in [0.25, 0.3) is 0 Å². The Hall–Kier alpha value is -1.06. The summed E-state index contributed by atoms with van der Waals surface area (Å²) in [5.74, 6) is 0. The van der Waals surface area contributed by atoms with Gasteiger partial charge in [0.2, 0.25) is 0 Å². The van der Waals surface area contributed by atoms with Gasteiger partial charge in [0.25, 0.3) is 0 Å². The van der Waals surface area contributed by atoms with Crippen molar-refractivity contribution in [1.29, 1.82) is 0 Å². The molecule has 0 saturated carbocycles.